The molecule has 0 amide bonds. The van der Waals surface area contributed by atoms with E-state index in [-0.39, 0.29) is 12.0 Å². The third kappa shape index (κ3) is 2.20. The van der Waals surface area contributed by atoms with Crippen LogP contribution in [0.25, 0.3) is 0 Å². The lowest BCUT2D eigenvalue weighted by molar-refractivity contribution is -0.146. The summed E-state index contributed by atoms with van der Waals surface area (Å²) in [6.45, 7) is 4.97. The van der Waals surface area contributed by atoms with E-state index in [4.69, 9.17) is 0 Å². The second-order valence-electron chi connectivity index (χ2n) is 6.69. The molecular formula is C16H24N2O2. The van der Waals surface area contributed by atoms with Gasteiger partial charge in [-0.25, -0.2) is 0 Å². The maximum Gasteiger partial charge on any atom is 0.321 e. The smallest absolute Gasteiger partial charge is 0.321 e. The summed E-state index contributed by atoms with van der Waals surface area (Å²) in [5, 5.41) is 9.60. The van der Waals surface area contributed by atoms with Crippen LogP contribution in [0.1, 0.15) is 39.5 Å². The monoisotopic (exact) mass is 276 g/mol. The summed E-state index contributed by atoms with van der Waals surface area (Å²) in [7, 11) is 0. The number of rotatable bonds is 3. The number of carboxylic acids is 1. The Kier molecular flexibility index (Phi) is 3.67. The summed E-state index contributed by atoms with van der Waals surface area (Å²) in [5.41, 5.74) is 1.30. The Bertz CT molecular complexity index is 455. The van der Waals surface area contributed by atoms with Crippen molar-refractivity contribution in [2.75, 3.05) is 6.54 Å². The van der Waals surface area contributed by atoms with Crippen molar-refractivity contribution in [3.05, 3.63) is 12.3 Å². The summed E-state index contributed by atoms with van der Waals surface area (Å²) >= 11 is 0. The molecule has 0 radical (unpaired) electrons. The SMILES string of the molecule is CC(C)C(C(=O)O)N1CCC2CCC3=NC=CCC3C21. The number of likely N-dealkylation sites (tertiary alicyclic amines) is 1. The van der Waals surface area contributed by atoms with Gasteiger partial charge in [-0.1, -0.05) is 19.9 Å². The van der Waals surface area contributed by atoms with Gasteiger partial charge in [-0.15, -0.1) is 0 Å². The van der Waals surface area contributed by atoms with Gasteiger partial charge in [-0.2, -0.15) is 0 Å². The van der Waals surface area contributed by atoms with Crippen molar-refractivity contribution in [3.63, 3.8) is 0 Å². The molecule has 0 aromatic carbocycles. The van der Waals surface area contributed by atoms with E-state index in [1.807, 2.05) is 20.0 Å². The standard InChI is InChI=1S/C16H24N2O2/c1-10(2)14(16(19)20)18-9-7-11-5-6-13-12(15(11)18)4-3-8-17-13/h3,8,10-12,14-15H,4-7,9H2,1-2H3,(H,19,20). The van der Waals surface area contributed by atoms with Gasteiger partial charge in [0.1, 0.15) is 6.04 Å². The molecule has 3 rings (SSSR count). The van der Waals surface area contributed by atoms with Crippen LogP contribution in [0, 0.1) is 17.8 Å². The maximum atomic E-state index is 11.7. The Morgan fingerprint density at radius 3 is 2.95 bits per heavy atom. The summed E-state index contributed by atoms with van der Waals surface area (Å²) in [6, 6.07) is 0.0335. The van der Waals surface area contributed by atoms with E-state index < -0.39 is 5.97 Å². The second-order valence-corrected chi connectivity index (χ2v) is 6.69. The summed E-state index contributed by atoms with van der Waals surface area (Å²) in [6.07, 6.45) is 8.51. The molecule has 1 saturated carbocycles. The minimum atomic E-state index is -0.670. The van der Waals surface area contributed by atoms with Crippen molar-refractivity contribution >= 4 is 11.7 Å². The average molecular weight is 276 g/mol. The molecule has 0 aromatic heterocycles. The highest BCUT2D eigenvalue weighted by Gasteiger charge is 2.48. The molecule has 0 spiro atoms. The minimum absolute atomic E-state index is 0.146. The highest BCUT2D eigenvalue weighted by Crippen LogP contribution is 2.42. The molecule has 1 saturated heterocycles. The maximum absolute atomic E-state index is 11.7. The van der Waals surface area contributed by atoms with E-state index in [2.05, 4.69) is 16.0 Å². The van der Waals surface area contributed by atoms with Crippen LogP contribution in [0.4, 0.5) is 0 Å². The van der Waals surface area contributed by atoms with Crippen LogP contribution in [0.15, 0.2) is 17.3 Å². The molecule has 1 N–H and O–H groups in total. The van der Waals surface area contributed by atoms with Crippen LogP contribution >= 0.6 is 0 Å². The molecule has 2 aliphatic heterocycles. The Hall–Kier alpha value is -1.16. The largest absolute Gasteiger partial charge is 0.480 e. The first-order chi connectivity index (χ1) is 9.59. The highest BCUT2D eigenvalue weighted by atomic mass is 16.4. The Labute approximate surface area is 120 Å². The molecule has 0 aromatic rings. The van der Waals surface area contributed by atoms with E-state index >= 15 is 0 Å². The lowest BCUT2D eigenvalue weighted by Gasteiger charge is -2.43. The van der Waals surface area contributed by atoms with Crippen molar-refractivity contribution in [2.24, 2.45) is 22.7 Å². The summed E-state index contributed by atoms with van der Waals surface area (Å²) < 4.78 is 0. The van der Waals surface area contributed by atoms with E-state index in [1.165, 1.54) is 12.1 Å². The van der Waals surface area contributed by atoms with Gasteiger partial charge in [0.25, 0.3) is 0 Å². The summed E-state index contributed by atoms with van der Waals surface area (Å²) in [5.74, 6) is 0.580. The zero-order chi connectivity index (χ0) is 14.3. The lowest BCUT2D eigenvalue weighted by atomic mass is 9.73. The van der Waals surface area contributed by atoms with E-state index in [9.17, 15) is 9.90 Å². The fraction of sp³-hybridized carbons (Fsp3) is 0.750. The van der Waals surface area contributed by atoms with Gasteiger partial charge in [0.05, 0.1) is 0 Å². The third-order valence-corrected chi connectivity index (χ3v) is 5.21. The van der Waals surface area contributed by atoms with Gasteiger partial charge in [0.15, 0.2) is 0 Å². The van der Waals surface area contributed by atoms with Gasteiger partial charge in [0, 0.05) is 23.9 Å². The van der Waals surface area contributed by atoms with Crippen molar-refractivity contribution in [1.82, 2.24) is 4.90 Å². The molecule has 2 fully saturated rings. The van der Waals surface area contributed by atoms with Gasteiger partial charge in [-0.05, 0) is 44.1 Å². The molecule has 110 valence electrons. The zero-order valence-electron chi connectivity index (χ0n) is 12.3. The number of carboxylic acid groups (broad SMARTS) is 1. The second kappa shape index (κ2) is 5.32. The fourth-order valence-electron chi connectivity index (χ4n) is 4.42. The predicted molar refractivity (Wildman–Crippen MR) is 78.8 cm³/mol. The number of allylic oxidation sites excluding steroid dienone is 1. The zero-order valence-corrected chi connectivity index (χ0v) is 12.3. The topological polar surface area (TPSA) is 52.9 Å². The third-order valence-electron chi connectivity index (χ3n) is 5.21. The molecule has 3 aliphatic rings. The number of fused-ring (bicyclic) bond motifs is 3. The van der Waals surface area contributed by atoms with Crippen molar-refractivity contribution in [1.29, 1.82) is 0 Å². The molecule has 2 heterocycles. The molecule has 4 atom stereocenters. The number of nitrogens with zero attached hydrogens (tertiary/aromatic N) is 2. The molecule has 20 heavy (non-hydrogen) atoms. The number of aliphatic carboxylic acids is 1. The van der Waals surface area contributed by atoms with Crippen LogP contribution in [0.2, 0.25) is 0 Å². The van der Waals surface area contributed by atoms with Crippen LogP contribution in [-0.4, -0.2) is 40.3 Å². The van der Waals surface area contributed by atoms with Gasteiger partial charge >= 0.3 is 5.97 Å². The highest BCUT2D eigenvalue weighted by molar-refractivity contribution is 5.89. The molecule has 0 bridgehead atoms. The fourth-order valence-corrected chi connectivity index (χ4v) is 4.42. The Morgan fingerprint density at radius 1 is 1.45 bits per heavy atom. The predicted octanol–water partition coefficient (Wildman–Crippen LogP) is 2.55. The van der Waals surface area contributed by atoms with Crippen molar-refractivity contribution in [3.8, 4) is 0 Å². The van der Waals surface area contributed by atoms with Crippen LogP contribution in [0.3, 0.4) is 0 Å². The number of hydrogen-bond donors (Lipinski definition) is 1. The van der Waals surface area contributed by atoms with E-state index in [1.54, 1.807) is 0 Å². The van der Waals surface area contributed by atoms with Crippen molar-refractivity contribution < 1.29 is 9.90 Å². The molecule has 4 unspecified atom stereocenters. The molecular weight excluding hydrogens is 252 g/mol. The van der Waals surface area contributed by atoms with E-state index in [0.29, 0.717) is 17.9 Å². The van der Waals surface area contributed by atoms with Gasteiger partial charge < -0.3 is 5.11 Å². The molecule has 4 nitrogen and oxygen atoms in total. The first-order valence-corrected chi connectivity index (χ1v) is 7.79. The van der Waals surface area contributed by atoms with E-state index in [0.717, 1.165) is 25.8 Å². The Morgan fingerprint density at radius 2 is 2.25 bits per heavy atom. The normalized spacial score (nSPS) is 34.5. The number of hydrogen-bond acceptors (Lipinski definition) is 3. The van der Waals surface area contributed by atoms with Crippen LogP contribution in [0.5, 0.6) is 0 Å². The first kappa shape index (κ1) is 13.8. The average Bonchev–Trinajstić information content (AvgIpc) is 2.82. The summed E-state index contributed by atoms with van der Waals surface area (Å²) in [4.78, 5) is 18.5. The lowest BCUT2D eigenvalue weighted by Crippen LogP contribution is -2.53. The minimum Gasteiger partial charge on any atom is -0.480 e. The van der Waals surface area contributed by atoms with Crippen LogP contribution < -0.4 is 0 Å². The Balaban J connectivity index is 1.88. The number of carbonyl (C=O) groups is 1. The molecule has 4 heteroatoms. The van der Waals surface area contributed by atoms with Gasteiger partial charge in [-0.3, -0.25) is 14.7 Å². The van der Waals surface area contributed by atoms with Crippen molar-refractivity contribution in [2.45, 2.75) is 51.6 Å². The molecule has 1 aliphatic carbocycles. The number of aliphatic imine (C=N–C) groups is 1. The van der Waals surface area contributed by atoms with Crippen LogP contribution in [-0.2, 0) is 4.79 Å². The quantitative estimate of drug-likeness (QED) is 0.862. The van der Waals surface area contributed by atoms with Gasteiger partial charge in [0.2, 0.25) is 0 Å². The first-order valence-electron chi connectivity index (χ1n) is 7.79.